The number of fused-ring (bicyclic) bond motifs is 1. The number of hydrogen-bond donors (Lipinski definition) is 1. The Morgan fingerprint density at radius 3 is 2.38 bits per heavy atom. The number of piperazine rings is 1. The number of aryl methyl sites for hydroxylation is 1. The van der Waals surface area contributed by atoms with E-state index in [0.717, 1.165) is 11.8 Å². The van der Waals surface area contributed by atoms with Gasteiger partial charge in [-0.25, -0.2) is 13.4 Å². The van der Waals surface area contributed by atoms with Crippen LogP contribution in [-0.2, 0) is 16.9 Å². The minimum atomic E-state index is -4.26. The van der Waals surface area contributed by atoms with Gasteiger partial charge in [0.1, 0.15) is 0 Å². The van der Waals surface area contributed by atoms with E-state index in [1.807, 2.05) is 24.8 Å². The molecule has 8 nitrogen and oxygen atoms in total. The molecule has 1 saturated heterocycles. The molecule has 0 saturated carbocycles. The van der Waals surface area contributed by atoms with Crippen LogP contribution < -0.4 is 15.8 Å². The first-order valence-electron chi connectivity index (χ1n) is 11.9. The molecule has 12 heteroatoms. The number of halogens is 3. The highest BCUT2D eigenvalue weighted by molar-refractivity contribution is 7.90. The van der Waals surface area contributed by atoms with Gasteiger partial charge >= 0.3 is 6.18 Å². The first-order valence-corrected chi connectivity index (χ1v) is 13.7. The lowest BCUT2D eigenvalue weighted by Gasteiger charge is -2.36. The van der Waals surface area contributed by atoms with Crippen LogP contribution in [0.4, 0.5) is 24.8 Å². The van der Waals surface area contributed by atoms with E-state index in [2.05, 4.69) is 5.32 Å². The normalized spacial score (nSPS) is 16.2. The third-order valence-corrected chi connectivity index (χ3v) is 7.67. The van der Waals surface area contributed by atoms with Crippen molar-refractivity contribution < 1.29 is 21.6 Å². The number of hydrogen-bond acceptors (Lipinski definition) is 7. The van der Waals surface area contributed by atoms with Gasteiger partial charge in [-0.15, -0.1) is 0 Å². The molecule has 37 heavy (non-hydrogen) atoms. The van der Waals surface area contributed by atoms with Crippen LogP contribution >= 0.6 is 0 Å². The number of sulfone groups is 1. The van der Waals surface area contributed by atoms with Crippen molar-refractivity contribution in [3.8, 4) is 0 Å². The van der Waals surface area contributed by atoms with Gasteiger partial charge in [0.15, 0.2) is 9.84 Å². The van der Waals surface area contributed by atoms with Crippen LogP contribution in [0.2, 0.25) is 0 Å². The van der Waals surface area contributed by atoms with Gasteiger partial charge in [0.25, 0.3) is 5.56 Å². The molecule has 0 unspecified atom stereocenters. The number of aromatic nitrogens is 2. The molecule has 0 radical (unpaired) electrons. The maximum Gasteiger partial charge on any atom is 0.401 e. The number of anilines is 2. The number of nitrogens with zero attached hydrogens (tertiary/aromatic N) is 4. The van der Waals surface area contributed by atoms with Gasteiger partial charge in [-0.3, -0.25) is 14.3 Å². The van der Waals surface area contributed by atoms with Crippen LogP contribution in [0.5, 0.6) is 0 Å². The molecule has 3 aromatic rings. The average molecular weight is 538 g/mol. The molecule has 1 aromatic heterocycles. The van der Waals surface area contributed by atoms with Crippen LogP contribution in [-0.4, -0.2) is 68.0 Å². The van der Waals surface area contributed by atoms with Crippen LogP contribution in [0.3, 0.4) is 0 Å². The van der Waals surface area contributed by atoms with Crippen LogP contribution in [0.1, 0.15) is 24.1 Å². The van der Waals surface area contributed by atoms with Gasteiger partial charge in [0, 0.05) is 45.0 Å². The summed E-state index contributed by atoms with van der Waals surface area (Å²) < 4.78 is 64.4. The second-order valence-electron chi connectivity index (χ2n) is 9.54. The lowest BCUT2D eigenvalue weighted by atomic mass is 10.0. The number of alkyl halides is 3. The Balaban J connectivity index is 1.72. The SMILES string of the molecule is Cc1cc([C@@H](C)Nc2ccccc2S(C)(=O)=O)c2nc(N3CCN(CC(F)(F)F)CC3)n(C)c(=O)c2c1. The molecular formula is C25H30F3N5O3S. The third-order valence-electron chi connectivity index (χ3n) is 6.51. The number of benzene rings is 2. The Bertz CT molecular complexity index is 1480. The molecule has 0 aliphatic carbocycles. The molecule has 1 aliphatic rings. The second kappa shape index (κ2) is 9.97. The van der Waals surface area contributed by atoms with Crippen molar-refractivity contribution in [2.24, 2.45) is 7.05 Å². The minimum absolute atomic E-state index is 0.167. The summed E-state index contributed by atoms with van der Waals surface area (Å²) in [6.07, 6.45) is -3.12. The largest absolute Gasteiger partial charge is 0.401 e. The van der Waals surface area contributed by atoms with E-state index < -0.39 is 28.6 Å². The molecule has 0 amide bonds. The first kappa shape index (κ1) is 26.9. The van der Waals surface area contributed by atoms with Gasteiger partial charge in [0.05, 0.1) is 34.1 Å². The van der Waals surface area contributed by atoms with Crippen LogP contribution in [0.15, 0.2) is 46.1 Å². The topological polar surface area (TPSA) is 87.5 Å². The third kappa shape index (κ3) is 5.90. The quantitative estimate of drug-likeness (QED) is 0.515. The zero-order valence-electron chi connectivity index (χ0n) is 21.1. The van der Waals surface area contributed by atoms with Crippen LogP contribution in [0.25, 0.3) is 10.9 Å². The molecule has 0 spiro atoms. The zero-order valence-corrected chi connectivity index (χ0v) is 21.9. The Morgan fingerprint density at radius 1 is 1.11 bits per heavy atom. The summed E-state index contributed by atoms with van der Waals surface area (Å²) in [5.41, 5.74) is 2.22. The van der Waals surface area contributed by atoms with Gasteiger partial charge in [-0.05, 0) is 37.6 Å². The summed E-state index contributed by atoms with van der Waals surface area (Å²) in [4.78, 5) is 21.5. The van der Waals surface area contributed by atoms with E-state index in [9.17, 15) is 26.4 Å². The van der Waals surface area contributed by atoms with Crippen molar-refractivity contribution in [3.05, 3.63) is 57.9 Å². The van der Waals surface area contributed by atoms with Crippen molar-refractivity contribution in [2.45, 2.75) is 31.0 Å². The minimum Gasteiger partial charge on any atom is -0.377 e. The van der Waals surface area contributed by atoms with E-state index >= 15 is 0 Å². The van der Waals surface area contributed by atoms with E-state index in [1.165, 1.54) is 15.5 Å². The molecule has 200 valence electrons. The fourth-order valence-electron chi connectivity index (χ4n) is 4.73. The molecule has 1 atom stereocenters. The summed E-state index contributed by atoms with van der Waals surface area (Å²) in [6.45, 7) is 3.78. The van der Waals surface area contributed by atoms with Gasteiger partial charge in [-0.2, -0.15) is 13.2 Å². The van der Waals surface area contributed by atoms with E-state index in [1.54, 1.807) is 31.3 Å². The predicted octanol–water partition coefficient (Wildman–Crippen LogP) is 3.50. The highest BCUT2D eigenvalue weighted by Gasteiger charge is 2.33. The molecule has 1 N–H and O–H groups in total. The van der Waals surface area contributed by atoms with Gasteiger partial charge in [-0.1, -0.05) is 18.2 Å². The van der Waals surface area contributed by atoms with E-state index in [0.29, 0.717) is 41.2 Å². The smallest absolute Gasteiger partial charge is 0.377 e. The summed E-state index contributed by atoms with van der Waals surface area (Å²) >= 11 is 0. The van der Waals surface area contributed by atoms with E-state index in [-0.39, 0.29) is 23.5 Å². The summed E-state index contributed by atoms with van der Waals surface area (Å²) in [5.74, 6) is 0.387. The van der Waals surface area contributed by atoms with Crippen molar-refractivity contribution in [3.63, 3.8) is 0 Å². The van der Waals surface area contributed by atoms with Crippen molar-refractivity contribution >= 4 is 32.4 Å². The number of rotatable bonds is 6. The number of para-hydroxylation sites is 1. The predicted molar refractivity (Wildman–Crippen MR) is 138 cm³/mol. The summed E-state index contributed by atoms with van der Waals surface area (Å²) in [7, 11) is -1.86. The molecule has 2 heterocycles. The molecule has 4 rings (SSSR count). The highest BCUT2D eigenvalue weighted by atomic mass is 32.2. The molecule has 1 fully saturated rings. The Kier molecular flexibility index (Phi) is 7.26. The van der Waals surface area contributed by atoms with E-state index in [4.69, 9.17) is 4.98 Å². The average Bonchev–Trinajstić information content (AvgIpc) is 2.80. The standard InChI is InChI=1S/C25H30F3N5O3S/c1-16-13-18(17(2)29-20-7-5-6-8-21(20)37(4,35)36)22-19(14-16)23(34)31(3)24(30-22)33-11-9-32(10-12-33)15-25(26,27)28/h5-8,13-14,17,29H,9-12,15H2,1-4H3/t17-/m1/s1. The van der Waals surface area contributed by atoms with Gasteiger partial charge in [0.2, 0.25) is 5.95 Å². The fraction of sp³-hybridized carbons (Fsp3) is 0.440. The highest BCUT2D eigenvalue weighted by Crippen LogP contribution is 2.30. The molecule has 1 aliphatic heterocycles. The molecule has 2 aromatic carbocycles. The number of nitrogens with one attached hydrogen (secondary N) is 1. The Labute approximate surface area is 213 Å². The second-order valence-corrected chi connectivity index (χ2v) is 11.5. The van der Waals surface area contributed by atoms with Crippen LogP contribution in [0, 0.1) is 6.92 Å². The monoisotopic (exact) mass is 537 g/mol. The van der Waals surface area contributed by atoms with Gasteiger partial charge < -0.3 is 10.2 Å². The fourth-order valence-corrected chi connectivity index (χ4v) is 5.59. The summed E-state index contributed by atoms with van der Waals surface area (Å²) in [5, 5.41) is 3.68. The lowest BCUT2D eigenvalue weighted by molar-refractivity contribution is -0.146. The first-order chi connectivity index (χ1) is 17.2. The molecule has 0 bridgehead atoms. The van der Waals surface area contributed by atoms with Crippen molar-refractivity contribution in [1.29, 1.82) is 0 Å². The Hall–Kier alpha value is -3.12. The Morgan fingerprint density at radius 2 is 1.76 bits per heavy atom. The maximum atomic E-state index is 13.4. The maximum absolute atomic E-state index is 13.4. The van der Waals surface area contributed by atoms with Crippen molar-refractivity contribution in [1.82, 2.24) is 14.5 Å². The summed E-state index contributed by atoms with van der Waals surface area (Å²) in [6, 6.07) is 9.87. The zero-order chi connectivity index (χ0) is 27.1. The lowest BCUT2D eigenvalue weighted by Crippen LogP contribution is -2.50. The van der Waals surface area contributed by atoms with Crippen molar-refractivity contribution in [2.75, 3.05) is 49.2 Å². The molecular weight excluding hydrogens is 507 g/mol.